The van der Waals surface area contributed by atoms with E-state index in [2.05, 4.69) is 15.5 Å². The molecule has 0 saturated heterocycles. The summed E-state index contributed by atoms with van der Waals surface area (Å²) >= 11 is 0. The molecule has 0 fully saturated rings. The van der Waals surface area contributed by atoms with E-state index in [4.69, 9.17) is 4.74 Å². The van der Waals surface area contributed by atoms with Crippen molar-refractivity contribution in [1.29, 1.82) is 0 Å². The molecule has 2 aromatic carbocycles. The Hall–Kier alpha value is -3.55. The van der Waals surface area contributed by atoms with E-state index < -0.39 is 5.97 Å². The number of benzene rings is 2. The minimum absolute atomic E-state index is 0.141. The van der Waals surface area contributed by atoms with Gasteiger partial charge in [0.05, 0.1) is 0 Å². The van der Waals surface area contributed by atoms with E-state index in [1.54, 1.807) is 4.90 Å². The lowest BCUT2D eigenvalue weighted by atomic mass is 10.1. The van der Waals surface area contributed by atoms with Gasteiger partial charge in [-0.15, -0.1) is 5.10 Å². The van der Waals surface area contributed by atoms with Crippen LogP contribution in [0.2, 0.25) is 0 Å². The molecule has 0 spiro atoms. The van der Waals surface area contributed by atoms with Crippen molar-refractivity contribution in [3.63, 3.8) is 0 Å². The van der Waals surface area contributed by atoms with Gasteiger partial charge >= 0.3 is 5.97 Å². The van der Waals surface area contributed by atoms with Crippen molar-refractivity contribution in [2.75, 3.05) is 6.61 Å². The molecule has 27 heavy (non-hydrogen) atoms. The molecular formula is C19H19N5O3. The van der Waals surface area contributed by atoms with Crippen LogP contribution >= 0.6 is 0 Å². The summed E-state index contributed by atoms with van der Waals surface area (Å²) in [4.78, 5) is 26.2. The molecule has 0 atom stereocenters. The molecular weight excluding hydrogens is 346 g/mol. The number of esters is 1. The predicted molar refractivity (Wildman–Crippen MR) is 95.9 cm³/mol. The van der Waals surface area contributed by atoms with Crippen molar-refractivity contribution in [1.82, 2.24) is 25.1 Å². The maximum absolute atomic E-state index is 12.7. The van der Waals surface area contributed by atoms with Gasteiger partial charge in [-0.3, -0.25) is 9.59 Å². The molecule has 138 valence electrons. The van der Waals surface area contributed by atoms with Crippen LogP contribution < -0.4 is 0 Å². The van der Waals surface area contributed by atoms with Gasteiger partial charge in [-0.05, 0) is 21.6 Å². The van der Waals surface area contributed by atoms with Gasteiger partial charge < -0.3 is 9.64 Å². The highest BCUT2D eigenvalue weighted by molar-refractivity contribution is 5.80. The maximum atomic E-state index is 12.7. The van der Waals surface area contributed by atoms with Crippen LogP contribution in [0.1, 0.15) is 11.1 Å². The number of ether oxygens (including phenoxy) is 1. The molecule has 0 N–H and O–H groups in total. The Bertz CT molecular complexity index is 812. The summed E-state index contributed by atoms with van der Waals surface area (Å²) in [6.07, 6.45) is 1.31. The van der Waals surface area contributed by atoms with Crippen molar-refractivity contribution < 1.29 is 14.3 Å². The summed E-state index contributed by atoms with van der Waals surface area (Å²) < 4.78 is 6.32. The van der Waals surface area contributed by atoms with Crippen molar-refractivity contribution in [3.8, 4) is 0 Å². The minimum Gasteiger partial charge on any atom is -0.454 e. The normalized spacial score (nSPS) is 10.4. The van der Waals surface area contributed by atoms with Gasteiger partial charge in [-0.25, -0.2) is 4.68 Å². The van der Waals surface area contributed by atoms with Crippen molar-refractivity contribution in [2.45, 2.75) is 19.6 Å². The summed E-state index contributed by atoms with van der Waals surface area (Å²) in [7, 11) is 0. The van der Waals surface area contributed by atoms with Gasteiger partial charge in [-0.1, -0.05) is 60.7 Å². The van der Waals surface area contributed by atoms with Crippen LogP contribution in [0.4, 0.5) is 0 Å². The second-order valence-electron chi connectivity index (χ2n) is 5.89. The zero-order valence-corrected chi connectivity index (χ0v) is 14.6. The summed E-state index contributed by atoms with van der Waals surface area (Å²) in [5.74, 6) is -0.845. The molecule has 8 heteroatoms. The SMILES string of the molecule is O=C(Cn1cnnn1)OCC(=O)N(Cc1ccccc1)Cc1ccccc1. The number of tetrazole rings is 1. The molecule has 1 heterocycles. The molecule has 0 aliphatic rings. The topological polar surface area (TPSA) is 90.2 Å². The number of rotatable bonds is 8. The van der Waals surface area contributed by atoms with E-state index in [9.17, 15) is 9.59 Å². The first-order chi connectivity index (χ1) is 13.2. The smallest absolute Gasteiger partial charge is 0.328 e. The Kier molecular flexibility index (Phi) is 6.24. The Labute approximate surface area is 156 Å². The Morgan fingerprint density at radius 3 is 2.04 bits per heavy atom. The monoisotopic (exact) mass is 365 g/mol. The zero-order chi connectivity index (χ0) is 18.9. The van der Waals surface area contributed by atoms with Crippen molar-refractivity contribution in [2.24, 2.45) is 0 Å². The fourth-order valence-corrected chi connectivity index (χ4v) is 2.50. The van der Waals surface area contributed by atoms with Gasteiger partial charge in [0.15, 0.2) is 6.61 Å². The van der Waals surface area contributed by atoms with E-state index in [-0.39, 0.29) is 19.1 Å². The first-order valence-electron chi connectivity index (χ1n) is 8.43. The molecule has 0 saturated carbocycles. The van der Waals surface area contributed by atoms with Crippen LogP contribution in [0.15, 0.2) is 67.0 Å². The zero-order valence-electron chi connectivity index (χ0n) is 14.6. The molecule has 0 bridgehead atoms. The largest absolute Gasteiger partial charge is 0.454 e. The Morgan fingerprint density at radius 1 is 0.926 bits per heavy atom. The molecule has 3 aromatic rings. The van der Waals surface area contributed by atoms with Gasteiger partial charge in [0.25, 0.3) is 5.91 Å². The summed E-state index contributed by atoms with van der Waals surface area (Å²) in [5, 5.41) is 10.5. The molecule has 0 unspecified atom stereocenters. The third-order valence-electron chi connectivity index (χ3n) is 3.82. The number of hydrogen-bond acceptors (Lipinski definition) is 6. The van der Waals surface area contributed by atoms with Crippen LogP contribution in [0.25, 0.3) is 0 Å². The van der Waals surface area contributed by atoms with Crippen molar-refractivity contribution in [3.05, 3.63) is 78.1 Å². The summed E-state index contributed by atoms with van der Waals surface area (Å²) in [6.45, 7) is 0.385. The Balaban J connectivity index is 1.61. The average Bonchev–Trinajstić information content (AvgIpc) is 3.20. The van der Waals surface area contributed by atoms with E-state index in [0.29, 0.717) is 13.1 Å². The lowest BCUT2D eigenvalue weighted by Crippen LogP contribution is -2.34. The van der Waals surface area contributed by atoms with E-state index >= 15 is 0 Å². The van der Waals surface area contributed by atoms with Crippen LogP contribution in [0, 0.1) is 0 Å². The fourth-order valence-electron chi connectivity index (χ4n) is 2.50. The van der Waals surface area contributed by atoms with Gasteiger partial charge in [0.1, 0.15) is 12.9 Å². The standard InChI is InChI=1S/C19H19N5O3/c25-18(14-27-19(26)13-24-15-20-21-22-24)23(11-16-7-3-1-4-8-16)12-17-9-5-2-6-10-17/h1-10,15H,11-14H2. The summed E-state index contributed by atoms with van der Waals surface area (Å²) in [5.41, 5.74) is 2.00. The Morgan fingerprint density at radius 2 is 1.52 bits per heavy atom. The molecule has 0 radical (unpaired) electrons. The highest BCUT2D eigenvalue weighted by atomic mass is 16.5. The molecule has 1 amide bonds. The van der Waals surface area contributed by atoms with E-state index in [1.807, 2.05) is 60.7 Å². The van der Waals surface area contributed by atoms with Crippen LogP contribution in [-0.4, -0.2) is 43.6 Å². The van der Waals surface area contributed by atoms with Crippen LogP contribution in [0.3, 0.4) is 0 Å². The lowest BCUT2D eigenvalue weighted by Gasteiger charge is -2.23. The average molecular weight is 365 g/mol. The number of amides is 1. The fraction of sp³-hybridized carbons (Fsp3) is 0.211. The highest BCUT2D eigenvalue weighted by Gasteiger charge is 2.17. The number of carbonyl (C=O) groups is 2. The van der Waals surface area contributed by atoms with Crippen molar-refractivity contribution >= 4 is 11.9 Å². The van der Waals surface area contributed by atoms with E-state index in [1.165, 1.54) is 11.0 Å². The van der Waals surface area contributed by atoms with Gasteiger partial charge in [0, 0.05) is 13.1 Å². The third kappa shape index (κ3) is 5.74. The maximum Gasteiger partial charge on any atom is 0.328 e. The molecule has 1 aromatic heterocycles. The molecule has 0 aliphatic heterocycles. The highest BCUT2D eigenvalue weighted by Crippen LogP contribution is 2.10. The quantitative estimate of drug-likeness (QED) is 0.561. The van der Waals surface area contributed by atoms with E-state index in [0.717, 1.165) is 11.1 Å². The minimum atomic E-state index is -0.574. The van der Waals surface area contributed by atoms with Crippen LogP contribution in [-0.2, 0) is 34.0 Å². The second-order valence-corrected chi connectivity index (χ2v) is 5.89. The first-order valence-corrected chi connectivity index (χ1v) is 8.43. The third-order valence-corrected chi connectivity index (χ3v) is 3.82. The second kappa shape index (κ2) is 9.23. The number of hydrogen-bond donors (Lipinski definition) is 0. The number of aromatic nitrogens is 4. The first kappa shape index (κ1) is 18.2. The molecule has 3 rings (SSSR count). The lowest BCUT2D eigenvalue weighted by molar-refractivity contribution is -0.153. The van der Waals surface area contributed by atoms with Gasteiger partial charge in [-0.2, -0.15) is 0 Å². The predicted octanol–water partition coefficient (Wildman–Crippen LogP) is 1.45. The van der Waals surface area contributed by atoms with Crippen LogP contribution in [0.5, 0.6) is 0 Å². The summed E-state index contributed by atoms with van der Waals surface area (Å²) in [6, 6.07) is 19.4. The number of nitrogens with zero attached hydrogens (tertiary/aromatic N) is 5. The molecule has 8 nitrogen and oxygen atoms in total. The van der Waals surface area contributed by atoms with Gasteiger partial charge in [0.2, 0.25) is 0 Å². The number of carbonyl (C=O) groups excluding carboxylic acids is 2. The molecule has 0 aliphatic carbocycles.